The maximum atomic E-state index is 6.26. The van der Waals surface area contributed by atoms with Crippen molar-refractivity contribution in [2.24, 2.45) is 0 Å². The van der Waals surface area contributed by atoms with Crippen molar-refractivity contribution in [3.63, 3.8) is 0 Å². The molecule has 0 N–H and O–H groups in total. The molecule has 1 aliphatic rings. The maximum Gasteiger partial charge on any atom is 0.141 e. The van der Waals surface area contributed by atoms with Gasteiger partial charge in [0.1, 0.15) is 5.82 Å². The van der Waals surface area contributed by atoms with E-state index in [1.165, 1.54) is 0 Å². The van der Waals surface area contributed by atoms with Crippen molar-refractivity contribution < 1.29 is 4.74 Å². The number of hydrogen-bond donors (Lipinski definition) is 0. The number of benzene rings is 1. The molecule has 1 aromatic heterocycles. The van der Waals surface area contributed by atoms with Crippen LogP contribution >= 0.6 is 23.2 Å². The van der Waals surface area contributed by atoms with Crippen molar-refractivity contribution in [2.45, 2.75) is 18.9 Å². The average molecular weight is 297 g/mol. The summed E-state index contributed by atoms with van der Waals surface area (Å²) in [5.41, 5.74) is 0.904. The number of ether oxygens (including phenoxy) is 1. The average Bonchev–Trinajstić information content (AvgIpc) is 2.89. The largest absolute Gasteiger partial charge is 0.379 e. The van der Waals surface area contributed by atoms with Crippen LogP contribution in [0.1, 0.15) is 18.9 Å². The van der Waals surface area contributed by atoms with Crippen molar-refractivity contribution in [2.75, 3.05) is 13.2 Å². The third kappa shape index (κ3) is 2.64. The standard InChI is InChI=1S/C14H14Cl2N2O/c15-10-3-4-12(13(16)8-10)14-17-5-6-18(14)11-2-1-7-19-9-11/h3-6,8,11H,1-2,7,9H2. The fourth-order valence-electron chi connectivity index (χ4n) is 2.43. The smallest absolute Gasteiger partial charge is 0.141 e. The summed E-state index contributed by atoms with van der Waals surface area (Å²) in [5, 5.41) is 1.25. The topological polar surface area (TPSA) is 27.1 Å². The molecule has 0 spiro atoms. The summed E-state index contributed by atoms with van der Waals surface area (Å²) >= 11 is 12.2. The van der Waals surface area contributed by atoms with E-state index in [2.05, 4.69) is 9.55 Å². The van der Waals surface area contributed by atoms with Crippen LogP contribution in [0.15, 0.2) is 30.6 Å². The molecule has 1 aliphatic heterocycles. The minimum absolute atomic E-state index is 0.331. The number of rotatable bonds is 2. The van der Waals surface area contributed by atoms with Crippen LogP contribution in [0.5, 0.6) is 0 Å². The molecule has 2 heterocycles. The minimum Gasteiger partial charge on any atom is -0.379 e. The van der Waals surface area contributed by atoms with Crippen LogP contribution in [-0.2, 0) is 4.74 Å². The van der Waals surface area contributed by atoms with Gasteiger partial charge in [0.2, 0.25) is 0 Å². The fraction of sp³-hybridized carbons (Fsp3) is 0.357. The van der Waals surface area contributed by atoms with E-state index in [1.54, 1.807) is 12.3 Å². The zero-order valence-corrected chi connectivity index (χ0v) is 11.9. The van der Waals surface area contributed by atoms with Gasteiger partial charge in [-0.05, 0) is 31.0 Å². The summed E-state index contributed by atoms with van der Waals surface area (Å²) in [6.07, 6.45) is 5.97. The summed E-state index contributed by atoms with van der Waals surface area (Å²) in [4.78, 5) is 4.43. The van der Waals surface area contributed by atoms with Gasteiger partial charge in [-0.1, -0.05) is 23.2 Å². The maximum absolute atomic E-state index is 6.26. The summed E-state index contributed by atoms with van der Waals surface area (Å²) in [7, 11) is 0. The molecule has 2 aromatic rings. The minimum atomic E-state index is 0.331. The van der Waals surface area contributed by atoms with Crippen LogP contribution in [0.4, 0.5) is 0 Å². The van der Waals surface area contributed by atoms with Gasteiger partial charge in [-0.25, -0.2) is 4.98 Å². The molecule has 3 rings (SSSR count). The molecule has 100 valence electrons. The van der Waals surface area contributed by atoms with Gasteiger partial charge in [-0.2, -0.15) is 0 Å². The van der Waals surface area contributed by atoms with Crippen LogP contribution < -0.4 is 0 Å². The van der Waals surface area contributed by atoms with Gasteiger partial charge in [0.25, 0.3) is 0 Å². The molecular formula is C14H14Cl2N2O. The monoisotopic (exact) mass is 296 g/mol. The first-order chi connectivity index (χ1) is 9.25. The molecular weight excluding hydrogens is 283 g/mol. The zero-order chi connectivity index (χ0) is 13.2. The highest BCUT2D eigenvalue weighted by Crippen LogP contribution is 2.32. The van der Waals surface area contributed by atoms with Crippen molar-refractivity contribution >= 4 is 23.2 Å². The van der Waals surface area contributed by atoms with E-state index in [1.807, 2.05) is 18.3 Å². The molecule has 0 aliphatic carbocycles. The molecule has 0 saturated carbocycles. The van der Waals surface area contributed by atoms with Crippen LogP contribution in [0, 0.1) is 0 Å². The Morgan fingerprint density at radius 3 is 2.95 bits per heavy atom. The third-order valence-corrected chi connectivity index (χ3v) is 3.92. The lowest BCUT2D eigenvalue weighted by atomic mass is 10.1. The van der Waals surface area contributed by atoms with Crippen LogP contribution in [0.2, 0.25) is 10.0 Å². The van der Waals surface area contributed by atoms with E-state index in [0.29, 0.717) is 16.1 Å². The molecule has 1 unspecified atom stereocenters. The number of hydrogen-bond acceptors (Lipinski definition) is 2. The predicted octanol–water partition coefficient (Wildman–Crippen LogP) is 4.21. The molecule has 1 saturated heterocycles. The Hall–Kier alpha value is -1.03. The van der Waals surface area contributed by atoms with Crippen LogP contribution in [0.3, 0.4) is 0 Å². The Morgan fingerprint density at radius 1 is 1.32 bits per heavy atom. The van der Waals surface area contributed by atoms with Gasteiger partial charge in [-0.3, -0.25) is 0 Å². The van der Waals surface area contributed by atoms with Crippen LogP contribution in [-0.4, -0.2) is 22.8 Å². The Morgan fingerprint density at radius 2 is 2.21 bits per heavy atom. The molecule has 5 heteroatoms. The van der Waals surface area contributed by atoms with E-state index in [-0.39, 0.29) is 0 Å². The van der Waals surface area contributed by atoms with Gasteiger partial charge in [0, 0.05) is 29.6 Å². The van der Waals surface area contributed by atoms with Gasteiger partial charge in [0.05, 0.1) is 17.7 Å². The van der Waals surface area contributed by atoms with Gasteiger partial charge < -0.3 is 9.30 Å². The third-order valence-electron chi connectivity index (χ3n) is 3.37. The summed E-state index contributed by atoms with van der Waals surface area (Å²) in [6.45, 7) is 1.58. The second-order valence-corrected chi connectivity index (χ2v) is 5.50. The molecule has 1 aromatic carbocycles. The number of imidazole rings is 1. The molecule has 1 atom stereocenters. The first-order valence-corrected chi connectivity index (χ1v) is 7.07. The van der Waals surface area contributed by atoms with Gasteiger partial charge in [0.15, 0.2) is 0 Å². The Kier molecular flexibility index (Phi) is 3.78. The van der Waals surface area contributed by atoms with Gasteiger partial charge in [-0.15, -0.1) is 0 Å². The van der Waals surface area contributed by atoms with E-state index in [0.717, 1.165) is 37.4 Å². The predicted molar refractivity (Wildman–Crippen MR) is 76.8 cm³/mol. The Labute approximate surface area is 122 Å². The highest BCUT2D eigenvalue weighted by atomic mass is 35.5. The molecule has 0 bridgehead atoms. The normalized spacial score (nSPS) is 19.6. The quantitative estimate of drug-likeness (QED) is 0.830. The Bertz CT molecular complexity index is 577. The molecule has 0 amide bonds. The van der Waals surface area contributed by atoms with Crippen molar-refractivity contribution in [1.82, 2.24) is 9.55 Å². The van der Waals surface area contributed by atoms with Crippen LogP contribution in [0.25, 0.3) is 11.4 Å². The van der Waals surface area contributed by atoms with E-state index in [9.17, 15) is 0 Å². The van der Waals surface area contributed by atoms with Gasteiger partial charge >= 0.3 is 0 Å². The summed E-state index contributed by atoms with van der Waals surface area (Å²) in [5.74, 6) is 0.872. The number of halogens is 2. The second kappa shape index (κ2) is 5.53. The van der Waals surface area contributed by atoms with Crippen molar-refractivity contribution in [3.8, 4) is 11.4 Å². The molecule has 19 heavy (non-hydrogen) atoms. The molecule has 1 fully saturated rings. The Balaban J connectivity index is 1.99. The lowest BCUT2D eigenvalue weighted by molar-refractivity contribution is 0.0597. The summed E-state index contributed by atoms with van der Waals surface area (Å²) in [6, 6.07) is 5.82. The SMILES string of the molecule is Clc1ccc(-c2nccn2C2CCCOC2)c(Cl)c1. The number of aromatic nitrogens is 2. The number of nitrogens with zero attached hydrogens (tertiary/aromatic N) is 2. The van der Waals surface area contributed by atoms with E-state index >= 15 is 0 Å². The van der Waals surface area contributed by atoms with Crippen molar-refractivity contribution in [1.29, 1.82) is 0 Å². The summed E-state index contributed by atoms with van der Waals surface area (Å²) < 4.78 is 7.69. The zero-order valence-electron chi connectivity index (χ0n) is 10.4. The van der Waals surface area contributed by atoms with E-state index < -0.39 is 0 Å². The lowest BCUT2D eigenvalue weighted by Crippen LogP contribution is -2.21. The van der Waals surface area contributed by atoms with Crippen molar-refractivity contribution in [3.05, 3.63) is 40.6 Å². The fourth-order valence-corrected chi connectivity index (χ4v) is 2.92. The highest BCUT2D eigenvalue weighted by molar-refractivity contribution is 6.36. The molecule has 0 radical (unpaired) electrons. The van der Waals surface area contributed by atoms with E-state index in [4.69, 9.17) is 27.9 Å². The molecule has 3 nitrogen and oxygen atoms in total. The first kappa shape index (κ1) is 13.0. The lowest BCUT2D eigenvalue weighted by Gasteiger charge is -2.25. The second-order valence-electron chi connectivity index (χ2n) is 4.65. The first-order valence-electron chi connectivity index (χ1n) is 6.31. The highest BCUT2D eigenvalue weighted by Gasteiger charge is 2.20.